The van der Waals surface area contributed by atoms with E-state index in [1.54, 1.807) is 27.7 Å². The molecule has 2 amide bonds. The topological polar surface area (TPSA) is 99.8 Å². The Labute approximate surface area is 209 Å². The molecule has 0 bridgehead atoms. The molecular weight excluding hydrogens is 497 g/mol. The summed E-state index contributed by atoms with van der Waals surface area (Å²) in [5.74, 6) is -1.27. The predicted molar refractivity (Wildman–Crippen MR) is 127 cm³/mol. The smallest absolute Gasteiger partial charge is 0.352 e. The Hall–Kier alpha value is -3.83. The number of pyridine rings is 1. The van der Waals surface area contributed by atoms with Crippen LogP contribution in [-0.4, -0.2) is 26.8 Å². The van der Waals surface area contributed by atoms with Gasteiger partial charge in [-0.15, -0.1) is 0 Å². The molecule has 1 aromatic carbocycles. The van der Waals surface area contributed by atoms with Gasteiger partial charge < -0.3 is 10.3 Å². The van der Waals surface area contributed by atoms with Crippen LogP contribution in [0.25, 0.3) is 11.3 Å². The molecule has 0 saturated heterocycles. The largest absolute Gasteiger partial charge is 0.416 e. The first kappa shape index (κ1) is 27.8. The minimum absolute atomic E-state index is 0.0237. The molecule has 0 spiro atoms. The number of hydrogen-bond donors (Lipinski definition) is 3. The summed E-state index contributed by atoms with van der Waals surface area (Å²) in [5.41, 5.74) is -0.773. The Bertz CT molecular complexity index is 1330. The van der Waals surface area contributed by atoms with Crippen LogP contribution in [0.3, 0.4) is 0 Å². The van der Waals surface area contributed by atoms with Crippen molar-refractivity contribution in [2.75, 3.05) is 5.32 Å². The van der Waals surface area contributed by atoms with Gasteiger partial charge in [0, 0.05) is 23.7 Å². The van der Waals surface area contributed by atoms with E-state index in [2.05, 4.69) is 25.6 Å². The second-order valence-electron chi connectivity index (χ2n) is 9.54. The summed E-state index contributed by atoms with van der Waals surface area (Å²) in [6.07, 6.45) is -6.38. The number of rotatable bonds is 6. The number of H-pyrrole nitrogens is 1. The van der Waals surface area contributed by atoms with Crippen LogP contribution in [-0.2, 0) is 17.5 Å². The SMILES string of the molecule is Cc1cc(C(F)(F)F)ccc1-c1[nH]c(NC(=O)c2cc(CNC(=O)C(C)(C)C)cnc2C(F)F)nc1C. The van der Waals surface area contributed by atoms with Crippen molar-refractivity contribution < 1.29 is 31.5 Å². The molecule has 2 aromatic heterocycles. The molecule has 198 valence electrons. The van der Waals surface area contributed by atoms with E-state index < -0.39 is 40.7 Å². The van der Waals surface area contributed by atoms with Crippen molar-refractivity contribution in [1.29, 1.82) is 0 Å². The minimum atomic E-state index is -4.49. The third-order valence-corrected chi connectivity index (χ3v) is 5.50. The number of imidazole rings is 1. The van der Waals surface area contributed by atoms with E-state index in [1.807, 2.05) is 0 Å². The zero-order chi connectivity index (χ0) is 27.7. The number of aromatic nitrogens is 3. The number of amides is 2. The highest BCUT2D eigenvalue weighted by atomic mass is 19.4. The van der Waals surface area contributed by atoms with Crippen LogP contribution >= 0.6 is 0 Å². The fourth-order valence-corrected chi connectivity index (χ4v) is 3.50. The number of nitrogens with one attached hydrogen (secondary N) is 3. The number of anilines is 1. The number of aromatic amines is 1. The Kier molecular flexibility index (Phi) is 7.70. The van der Waals surface area contributed by atoms with Crippen LogP contribution < -0.4 is 10.6 Å². The maximum atomic E-state index is 13.6. The molecule has 0 aliphatic rings. The van der Waals surface area contributed by atoms with Gasteiger partial charge in [-0.05, 0) is 43.2 Å². The number of nitrogens with zero attached hydrogens (tertiary/aromatic N) is 2. The number of benzene rings is 1. The molecule has 0 aliphatic heterocycles. The summed E-state index contributed by atoms with van der Waals surface area (Å²) in [5, 5.41) is 5.07. The average Bonchev–Trinajstić information content (AvgIpc) is 3.15. The summed E-state index contributed by atoms with van der Waals surface area (Å²) in [6, 6.07) is 4.44. The van der Waals surface area contributed by atoms with E-state index in [0.29, 0.717) is 28.1 Å². The number of aryl methyl sites for hydroxylation is 2. The number of alkyl halides is 5. The van der Waals surface area contributed by atoms with Crippen molar-refractivity contribution in [2.45, 2.75) is 53.8 Å². The van der Waals surface area contributed by atoms with E-state index in [1.165, 1.54) is 19.1 Å². The summed E-state index contributed by atoms with van der Waals surface area (Å²) >= 11 is 0. The molecule has 7 nitrogen and oxygen atoms in total. The molecule has 3 N–H and O–H groups in total. The molecular formula is C25H26F5N5O2. The summed E-state index contributed by atoms with van der Waals surface area (Å²) in [4.78, 5) is 35.7. The first-order chi connectivity index (χ1) is 17.1. The Morgan fingerprint density at radius 1 is 1.08 bits per heavy atom. The van der Waals surface area contributed by atoms with E-state index in [0.717, 1.165) is 18.3 Å². The number of carbonyl (C=O) groups excluding carboxylic acids is 2. The monoisotopic (exact) mass is 523 g/mol. The van der Waals surface area contributed by atoms with Gasteiger partial charge >= 0.3 is 6.18 Å². The van der Waals surface area contributed by atoms with Crippen LogP contribution in [0.1, 0.15) is 65.6 Å². The summed E-state index contributed by atoms with van der Waals surface area (Å²) in [7, 11) is 0. The van der Waals surface area contributed by atoms with Gasteiger partial charge in [-0.1, -0.05) is 26.8 Å². The molecule has 3 aromatic rings. The molecule has 3 rings (SSSR count). The van der Waals surface area contributed by atoms with Crippen LogP contribution in [0, 0.1) is 19.3 Å². The van der Waals surface area contributed by atoms with Gasteiger partial charge in [0.25, 0.3) is 12.3 Å². The average molecular weight is 524 g/mol. The van der Waals surface area contributed by atoms with Gasteiger partial charge in [0.05, 0.1) is 22.5 Å². The van der Waals surface area contributed by atoms with Crippen molar-refractivity contribution in [2.24, 2.45) is 5.41 Å². The van der Waals surface area contributed by atoms with E-state index in [-0.39, 0.29) is 18.4 Å². The third-order valence-electron chi connectivity index (χ3n) is 5.50. The van der Waals surface area contributed by atoms with Crippen LogP contribution in [0.2, 0.25) is 0 Å². The van der Waals surface area contributed by atoms with Gasteiger partial charge in [0.2, 0.25) is 11.9 Å². The van der Waals surface area contributed by atoms with Crippen molar-refractivity contribution in [3.8, 4) is 11.3 Å². The van der Waals surface area contributed by atoms with E-state index in [9.17, 15) is 31.5 Å². The number of carbonyl (C=O) groups is 2. The molecule has 0 saturated carbocycles. The lowest BCUT2D eigenvalue weighted by atomic mass is 9.95. The second-order valence-corrected chi connectivity index (χ2v) is 9.54. The molecule has 0 aliphatic carbocycles. The fourth-order valence-electron chi connectivity index (χ4n) is 3.50. The van der Waals surface area contributed by atoms with Crippen LogP contribution in [0.5, 0.6) is 0 Å². The first-order valence-electron chi connectivity index (χ1n) is 11.2. The minimum Gasteiger partial charge on any atom is -0.352 e. The highest BCUT2D eigenvalue weighted by Gasteiger charge is 2.31. The first-order valence-corrected chi connectivity index (χ1v) is 11.2. The Balaban J connectivity index is 1.86. The van der Waals surface area contributed by atoms with Crippen LogP contribution in [0.4, 0.5) is 27.9 Å². The highest BCUT2D eigenvalue weighted by Crippen LogP contribution is 2.34. The lowest BCUT2D eigenvalue weighted by molar-refractivity contribution is -0.137. The van der Waals surface area contributed by atoms with Crippen molar-refractivity contribution in [3.63, 3.8) is 0 Å². The maximum Gasteiger partial charge on any atom is 0.416 e. The Morgan fingerprint density at radius 3 is 2.32 bits per heavy atom. The van der Waals surface area contributed by atoms with Gasteiger partial charge in [0.15, 0.2) is 0 Å². The maximum absolute atomic E-state index is 13.6. The van der Waals surface area contributed by atoms with Crippen molar-refractivity contribution in [3.05, 3.63) is 64.1 Å². The van der Waals surface area contributed by atoms with Crippen LogP contribution in [0.15, 0.2) is 30.5 Å². The predicted octanol–water partition coefficient (Wildman–Crippen LogP) is 5.96. The summed E-state index contributed by atoms with van der Waals surface area (Å²) in [6.45, 7) is 8.21. The molecule has 0 unspecified atom stereocenters. The standard InChI is InChI=1S/C25H26F5N5O2/c1-12-8-15(25(28,29)30)6-7-16(12)18-13(2)33-23(34-18)35-21(36)17-9-14(10-31-19(17)20(26)27)11-32-22(37)24(3,4)5/h6-10,20H,11H2,1-5H3,(H,32,37)(H2,33,34,35,36). The van der Waals surface area contributed by atoms with Gasteiger partial charge in [0.1, 0.15) is 5.69 Å². The molecule has 2 heterocycles. The highest BCUT2D eigenvalue weighted by molar-refractivity contribution is 6.04. The van der Waals surface area contributed by atoms with Gasteiger partial charge in [-0.3, -0.25) is 19.9 Å². The third kappa shape index (κ3) is 6.49. The summed E-state index contributed by atoms with van der Waals surface area (Å²) < 4.78 is 66.1. The zero-order valence-corrected chi connectivity index (χ0v) is 20.8. The molecule has 0 fully saturated rings. The molecule has 12 heteroatoms. The number of halogens is 5. The Morgan fingerprint density at radius 2 is 1.76 bits per heavy atom. The van der Waals surface area contributed by atoms with Gasteiger partial charge in [-0.25, -0.2) is 13.8 Å². The number of hydrogen-bond acceptors (Lipinski definition) is 4. The van der Waals surface area contributed by atoms with E-state index >= 15 is 0 Å². The molecule has 0 radical (unpaired) electrons. The fraction of sp³-hybridized carbons (Fsp3) is 0.360. The normalized spacial score (nSPS) is 12.1. The lowest BCUT2D eigenvalue weighted by Crippen LogP contribution is -2.34. The van der Waals surface area contributed by atoms with Crippen molar-refractivity contribution >= 4 is 17.8 Å². The van der Waals surface area contributed by atoms with E-state index in [4.69, 9.17) is 0 Å². The quantitative estimate of drug-likeness (QED) is 0.347. The second kappa shape index (κ2) is 10.3. The molecule has 37 heavy (non-hydrogen) atoms. The van der Waals surface area contributed by atoms with Gasteiger partial charge in [-0.2, -0.15) is 13.2 Å². The molecule has 0 atom stereocenters. The van der Waals surface area contributed by atoms with Crippen molar-refractivity contribution in [1.82, 2.24) is 20.3 Å². The zero-order valence-electron chi connectivity index (χ0n) is 20.8. The lowest BCUT2D eigenvalue weighted by Gasteiger charge is -2.18.